The van der Waals surface area contributed by atoms with Gasteiger partial charge in [0.2, 0.25) is 0 Å². The minimum Gasteiger partial charge on any atom is -0.460 e. The van der Waals surface area contributed by atoms with Gasteiger partial charge in [0.05, 0.1) is 18.2 Å². The Hall–Kier alpha value is -1.38. The highest BCUT2D eigenvalue weighted by molar-refractivity contribution is 14.0. The van der Waals surface area contributed by atoms with E-state index in [0.717, 1.165) is 30.2 Å². The van der Waals surface area contributed by atoms with Gasteiger partial charge in [0.15, 0.2) is 5.96 Å². The average Bonchev–Trinajstić information content (AvgIpc) is 2.98. The van der Waals surface area contributed by atoms with Gasteiger partial charge in [0.1, 0.15) is 5.60 Å². The predicted octanol–water partition coefficient (Wildman–Crippen LogP) is 2.75. The molecule has 25 heavy (non-hydrogen) atoms. The summed E-state index contributed by atoms with van der Waals surface area (Å²) < 4.78 is 5.49. The van der Waals surface area contributed by atoms with Gasteiger partial charge in [0, 0.05) is 26.3 Å². The SMILES string of the molecule is CN=C(NCc1ncccc1C)N1CCC(C(=O)OC(C)(C)C)C1.I. The van der Waals surface area contributed by atoms with Crippen molar-refractivity contribution in [2.24, 2.45) is 10.9 Å². The first-order valence-corrected chi connectivity index (χ1v) is 8.39. The summed E-state index contributed by atoms with van der Waals surface area (Å²) in [6.45, 7) is 9.78. The molecular weight excluding hydrogens is 431 g/mol. The second-order valence-corrected chi connectivity index (χ2v) is 7.13. The molecule has 0 bridgehead atoms. The number of nitrogens with one attached hydrogen (secondary N) is 1. The van der Waals surface area contributed by atoms with Gasteiger partial charge >= 0.3 is 5.97 Å². The lowest BCUT2D eigenvalue weighted by molar-refractivity contribution is -0.159. The fourth-order valence-electron chi connectivity index (χ4n) is 2.73. The first-order chi connectivity index (χ1) is 11.3. The van der Waals surface area contributed by atoms with Gasteiger partial charge in [-0.25, -0.2) is 0 Å². The minimum atomic E-state index is -0.444. The highest BCUT2D eigenvalue weighted by Gasteiger charge is 2.33. The van der Waals surface area contributed by atoms with Crippen LogP contribution >= 0.6 is 24.0 Å². The molecule has 1 N–H and O–H groups in total. The lowest BCUT2D eigenvalue weighted by Crippen LogP contribution is -2.40. The number of halogens is 1. The molecule has 0 radical (unpaired) electrons. The second-order valence-electron chi connectivity index (χ2n) is 7.13. The molecule has 1 unspecified atom stereocenters. The van der Waals surface area contributed by atoms with E-state index >= 15 is 0 Å². The van der Waals surface area contributed by atoms with Crippen LogP contribution in [-0.4, -0.2) is 47.6 Å². The van der Waals surface area contributed by atoms with E-state index in [1.54, 1.807) is 13.2 Å². The van der Waals surface area contributed by atoms with Gasteiger partial charge in [-0.15, -0.1) is 24.0 Å². The minimum absolute atomic E-state index is 0. The maximum Gasteiger partial charge on any atom is 0.311 e. The highest BCUT2D eigenvalue weighted by Crippen LogP contribution is 2.21. The van der Waals surface area contributed by atoms with E-state index in [0.29, 0.717) is 13.1 Å². The van der Waals surface area contributed by atoms with Gasteiger partial charge in [-0.1, -0.05) is 6.07 Å². The predicted molar refractivity (Wildman–Crippen MR) is 110 cm³/mol. The number of pyridine rings is 1. The van der Waals surface area contributed by atoms with E-state index in [4.69, 9.17) is 4.74 Å². The third kappa shape index (κ3) is 6.45. The number of aryl methyl sites for hydroxylation is 1. The summed E-state index contributed by atoms with van der Waals surface area (Å²) >= 11 is 0. The number of guanidine groups is 1. The molecule has 0 saturated carbocycles. The Labute approximate surface area is 167 Å². The van der Waals surface area contributed by atoms with Crippen LogP contribution in [0.5, 0.6) is 0 Å². The molecule has 1 fully saturated rings. The standard InChI is InChI=1S/C18H28N4O2.HI/c1-13-7-6-9-20-15(13)11-21-17(19-5)22-10-8-14(12-22)16(23)24-18(2,3)4;/h6-7,9,14H,8,10-12H2,1-5H3,(H,19,21);1H. The molecule has 1 aromatic heterocycles. The first kappa shape index (κ1) is 21.7. The summed E-state index contributed by atoms with van der Waals surface area (Å²) in [6, 6.07) is 3.97. The van der Waals surface area contributed by atoms with Crippen molar-refractivity contribution in [3.63, 3.8) is 0 Å². The van der Waals surface area contributed by atoms with Crippen molar-refractivity contribution in [2.75, 3.05) is 20.1 Å². The van der Waals surface area contributed by atoms with Crippen LogP contribution in [0.3, 0.4) is 0 Å². The normalized spacial score (nSPS) is 17.9. The Morgan fingerprint density at radius 3 is 2.80 bits per heavy atom. The quantitative estimate of drug-likeness (QED) is 0.325. The largest absolute Gasteiger partial charge is 0.460 e. The van der Waals surface area contributed by atoms with Gasteiger partial charge in [-0.05, 0) is 45.7 Å². The maximum absolute atomic E-state index is 12.2. The number of aliphatic imine (C=N–C) groups is 1. The van der Waals surface area contributed by atoms with E-state index in [2.05, 4.69) is 20.2 Å². The van der Waals surface area contributed by atoms with Crippen LogP contribution in [-0.2, 0) is 16.1 Å². The van der Waals surface area contributed by atoms with E-state index in [9.17, 15) is 4.79 Å². The third-order valence-corrected chi connectivity index (χ3v) is 3.97. The number of rotatable bonds is 3. The summed E-state index contributed by atoms with van der Waals surface area (Å²) in [7, 11) is 1.76. The van der Waals surface area contributed by atoms with Crippen LogP contribution in [0.4, 0.5) is 0 Å². The van der Waals surface area contributed by atoms with Crippen LogP contribution in [0.1, 0.15) is 38.4 Å². The summed E-state index contributed by atoms with van der Waals surface area (Å²) in [5.74, 6) is 0.575. The number of hydrogen-bond donors (Lipinski definition) is 1. The topological polar surface area (TPSA) is 66.8 Å². The van der Waals surface area contributed by atoms with E-state index in [-0.39, 0.29) is 35.9 Å². The Morgan fingerprint density at radius 2 is 2.20 bits per heavy atom. The zero-order valence-corrected chi connectivity index (χ0v) is 18.0. The average molecular weight is 460 g/mol. The molecule has 2 heterocycles. The number of esters is 1. The number of likely N-dealkylation sites (tertiary alicyclic amines) is 1. The molecule has 0 spiro atoms. The molecule has 7 heteroatoms. The number of aromatic nitrogens is 1. The summed E-state index contributed by atoms with van der Waals surface area (Å²) in [5, 5.41) is 3.34. The molecule has 6 nitrogen and oxygen atoms in total. The van der Waals surface area contributed by atoms with Crippen LogP contribution in [0, 0.1) is 12.8 Å². The number of hydrogen-bond acceptors (Lipinski definition) is 4. The van der Waals surface area contributed by atoms with Crippen molar-refractivity contribution in [3.8, 4) is 0 Å². The lowest BCUT2D eigenvalue weighted by atomic mass is 10.1. The van der Waals surface area contributed by atoms with Gasteiger partial charge in [-0.3, -0.25) is 14.8 Å². The van der Waals surface area contributed by atoms with Crippen molar-refractivity contribution < 1.29 is 9.53 Å². The van der Waals surface area contributed by atoms with Crippen LogP contribution in [0.25, 0.3) is 0 Å². The van der Waals surface area contributed by atoms with Crippen molar-refractivity contribution >= 4 is 35.9 Å². The van der Waals surface area contributed by atoms with E-state index in [1.807, 2.05) is 39.8 Å². The van der Waals surface area contributed by atoms with Crippen molar-refractivity contribution in [3.05, 3.63) is 29.6 Å². The van der Waals surface area contributed by atoms with Crippen LogP contribution < -0.4 is 5.32 Å². The summed E-state index contributed by atoms with van der Waals surface area (Å²) in [4.78, 5) is 23.0. The first-order valence-electron chi connectivity index (χ1n) is 8.39. The molecule has 1 atom stereocenters. The van der Waals surface area contributed by atoms with Gasteiger partial charge in [0.25, 0.3) is 0 Å². The molecule has 2 rings (SSSR count). The zero-order chi connectivity index (χ0) is 17.7. The lowest BCUT2D eigenvalue weighted by Gasteiger charge is -2.23. The molecule has 1 aliphatic heterocycles. The summed E-state index contributed by atoms with van der Waals surface area (Å²) in [5.41, 5.74) is 1.70. The van der Waals surface area contributed by atoms with Crippen molar-refractivity contribution in [1.29, 1.82) is 0 Å². The maximum atomic E-state index is 12.2. The number of ether oxygens (including phenoxy) is 1. The third-order valence-electron chi connectivity index (χ3n) is 3.97. The Kier molecular flexibility index (Phi) is 8.11. The molecule has 1 saturated heterocycles. The fourth-order valence-corrected chi connectivity index (χ4v) is 2.73. The zero-order valence-electron chi connectivity index (χ0n) is 15.7. The molecule has 0 amide bonds. The Morgan fingerprint density at radius 1 is 1.48 bits per heavy atom. The van der Waals surface area contributed by atoms with E-state index < -0.39 is 5.60 Å². The number of nitrogens with zero attached hydrogens (tertiary/aromatic N) is 3. The highest BCUT2D eigenvalue weighted by atomic mass is 127. The van der Waals surface area contributed by atoms with Crippen molar-refractivity contribution in [1.82, 2.24) is 15.2 Å². The fraction of sp³-hybridized carbons (Fsp3) is 0.611. The molecule has 1 aromatic rings. The summed E-state index contributed by atoms with van der Waals surface area (Å²) in [6.07, 6.45) is 2.58. The van der Waals surface area contributed by atoms with Crippen LogP contribution in [0.2, 0.25) is 0 Å². The van der Waals surface area contributed by atoms with Gasteiger partial charge in [-0.2, -0.15) is 0 Å². The number of carbonyl (C=O) groups excluding carboxylic acids is 1. The molecular formula is C18H29IN4O2. The monoisotopic (exact) mass is 460 g/mol. The van der Waals surface area contributed by atoms with Gasteiger partial charge < -0.3 is 15.0 Å². The van der Waals surface area contributed by atoms with E-state index in [1.165, 1.54) is 0 Å². The van der Waals surface area contributed by atoms with Crippen molar-refractivity contribution in [2.45, 2.75) is 46.3 Å². The molecule has 140 valence electrons. The smallest absolute Gasteiger partial charge is 0.311 e. The molecule has 0 aliphatic carbocycles. The Balaban J connectivity index is 0.00000312. The second kappa shape index (κ2) is 9.35. The number of carbonyl (C=O) groups is 1. The molecule has 0 aromatic carbocycles. The van der Waals surface area contributed by atoms with Crippen LogP contribution in [0.15, 0.2) is 23.3 Å². The molecule has 1 aliphatic rings. The Bertz CT molecular complexity index is 613.